The van der Waals surface area contributed by atoms with E-state index in [0.717, 1.165) is 0 Å². The lowest BCUT2D eigenvalue weighted by atomic mass is 9.75. The lowest BCUT2D eigenvalue weighted by Gasteiger charge is -2.36. The van der Waals surface area contributed by atoms with Gasteiger partial charge in [0.25, 0.3) is 0 Å². The Morgan fingerprint density at radius 2 is 2.13 bits per heavy atom. The van der Waals surface area contributed by atoms with E-state index in [-0.39, 0.29) is 11.9 Å². The summed E-state index contributed by atoms with van der Waals surface area (Å²) in [6.45, 7) is 6.55. The quantitative estimate of drug-likeness (QED) is 0.747. The van der Waals surface area contributed by atoms with Crippen LogP contribution >= 0.6 is 0 Å². The molecule has 88 valence electrons. The molecular weight excluding hydrogens is 188 g/mol. The molecule has 1 rings (SSSR count). The van der Waals surface area contributed by atoms with Crippen LogP contribution < -0.4 is 10.6 Å². The normalized spacial score (nSPS) is 27.1. The molecule has 2 atom stereocenters. The van der Waals surface area contributed by atoms with Crippen LogP contribution in [-0.2, 0) is 4.79 Å². The van der Waals surface area contributed by atoms with Gasteiger partial charge in [-0.25, -0.2) is 0 Å². The fourth-order valence-corrected chi connectivity index (χ4v) is 2.49. The topological polar surface area (TPSA) is 41.1 Å². The minimum absolute atomic E-state index is 0.0751. The number of nitrogens with one attached hydrogen (secondary N) is 2. The molecule has 15 heavy (non-hydrogen) atoms. The first-order valence-corrected chi connectivity index (χ1v) is 5.92. The Balaban J connectivity index is 2.41. The highest BCUT2D eigenvalue weighted by atomic mass is 16.2. The Morgan fingerprint density at radius 3 is 2.67 bits per heavy atom. The summed E-state index contributed by atoms with van der Waals surface area (Å²) in [5.41, 5.74) is 0.429. The molecule has 1 aliphatic carbocycles. The van der Waals surface area contributed by atoms with E-state index in [2.05, 4.69) is 24.5 Å². The third-order valence-corrected chi connectivity index (χ3v) is 3.33. The molecular formula is C12H24N2O. The Labute approximate surface area is 93.0 Å². The van der Waals surface area contributed by atoms with Crippen molar-refractivity contribution in [1.29, 1.82) is 0 Å². The summed E-state index contributed by atoms with van der Waals surface area (Å²) < 4.78 is 0. The smallest absolute Gasteiger partial charge is 0.236 e. The summed E-state index contributed by atoms with van der Waals surface area (Å²) in [7, 11) is 1.69. The van der Waals surface area contributed by atoms with Crippen LogP contribution in [0, 0.1) is 5.41 Å². The summed E-state index contributed by atoms with van der Waals surface area (Å²) in [6, 6.07) is 0.426. The van der Waals surface area contributed by atoms with Gasteiger partial charge in [0, 0.05) is 13.1 Å². The number of hydrogen-bond donors (Lipinski definition) is 2. The van der Waals surface area contributed by atoms with Crippen LogP contribution in [0.2, 0.25) is 0 Å². The van der Waals surface area contributed by atoms with Crippen LogP contribution in [0.25, 0.3) is 0 Å². The van der Waals surface area contributed by atoms with Crippen LogP contribution in [0.1, 0.15) is 46.5 Å². The van der Waals surface area contributed by atoms with Crippen molar-refractivity contribution in [2.75, 3.05) is 7.05 Å². The van der Waals surface area contributed by atoms with Crippen LogP contribution in [0.15, 0.2) is 0 Å². The summed E-state index contributed by atoms with van der Waals surface area (Å²) in [4.78, 5) is 11.4. The molecule has 0 aromatic heterocycles. The van der Waals surface area contributed by atoms with Gasteiger partial charge in [-0.2, -0.15) is 0 Å². The average molecular weight is 212 g/mol. The van der Waals surface area contributed by atoms with Gasteiger partial charge in [-0.3, -0.25) is 4.79 Å². The number of hydrogen-bond acceptors (Lipinski definition) is 2. The van der Waals surface area contributed by atoms with Gasteiger partial charge in [0.15, 0.2) is 0 Å². The average Bonchev–Trinajstić information content (AvgIpc) is 2.14. The zero-order valence-electron chi connectivity index (χ0n) is 10.4. The molecule has 2 N–H and O–H groups in total. The van der Waals surface area contributed by atoms with Gasteiger partial charge in [-0.1, -0.05) is 20.3 Å². The highest BCUT2D eigenvalue weighted by Gasteiger charge is 2.29. The van der Waals surface area contributed by atoms with E-state index < -0.39 is 0 Å². The van der Waals surface area contributed by atoms with Gasteiger partial charge < -0.3 is 10.6 Å². The van der Waals surface area contributed by atoms with E-state index in [1.807, 2.05) is 6.92 Å². The SMILES string of the molecule is CNC(=O)C(C)NC1CCCC(C)(C)C1. The largest absolute Gasteiger partial charge is 0.358 e. The summed E-state index contributed by atoms with van der Waals surface area (Å²) in [5, 5.41) is 6.09. The first-order valence-electron chi connectivity index (χ1n) is 5.92. The summed E-state index contributed by atoms with van der Waals surface area (Å²) in [6.07, 6.45) is 4.95. The van der Waals surface area contributed by atoms with E-state index in [1.54, 1.807) is 7.05 Å². The Kier molecular flexibility index (Phi) is 4.14. The Hall–Kier alpha value is -0.570. The molecule has 2 unspecified atom stereocenters. The second kappa shape index (κ2) is 4.97. The summed E-state index contributed by atoms with van der Waals surface area (Å²) in [5.74, 6) is 0.0818. The number of amides is 1. The summed E-state index contributed by atoms with van der Waals surface area (Å²) >= 11 is 0. The molecule has 0 aliphatic heterocycles. The highest BCUT2D eigenvalue weighted by Crippen LogP contribution is 2.35. The number of carbonyl (C=O) groups is 1. The lowest BCUT2D eigenvalue weighted by Crippen LogP contribution is -2.48. The minimum atomic E-state index is -0.0751. The van der Waals surface area contributed by atoms with Crippen molar-refractivity contribution in [2.24, 2.45) is 5.41 Å². The minimum Gasteiger partial charge on any atom is -0.358 e. The van der Waals surface area contributed by atoms with E-state index >= 15 is 0 Å². The van der Waals surface area contributed by atoms with Crippen molar-refractivity contribution in [1.82, 2.24) is 10.6 Å². The molecule has 3 heteroatoms. The maximum absolute atomic E-state index is 11.4. The van der Waals surface area contributed by atoms with E-state index in [9.17, 15) is 4.79 Å². The predicted molar refractivity (Wildman–Crippen MR) is 62.7 cm³/mol. The second-order valence-electron chi connectivity index (χ2n) is 5.46. The molecule has 0 radical (unpaired) electrons. The number of carbonyl (C=O) groups excluding carboxylic acids is 1. The van der Waals surface area contributed by atoms with Crippen molar-refractivity contribution >= 4 is 5.91 Å². The standard InChI is InChI=1S/C12H24N2O/c1-9(11(15)13-4)14-10-6-5-7-12(2,3)8-10/h9-10,14H,5-8H2,1-4H3,(H,13,15). The van der Waals surface area contributed by atoms with E-state index in [4.69, 9.17) is 0 Å². The molecule has 0 aromatic rings. The third-order valence-electron chi connectivity index (χ3n) is 3.33. The second-order valence-corrected chi connectivity index (χ2v) is 5.46. The van der Waals surface area contributed by atoms with Crippen LogP contribution in [0.4, 0.5) is 0 Å². The highest BCUT2D eigenvalue weighted by molar-refractivity contribution is 5.80. The molecule has 1 aliphatic rings. The van der Waals surface area contributed by atoms with Crippen molar-refractivity contribution in [2.45, 2.75) is 58.5 Å². The van der Waals surface area contributed by atoms with Gasteiger partial charge in [0.2, 0.25) is 5.91 Å². The lowest BCUT2D eigenvalue weighted by molar-refractivity contribution is -0.122. The molecule has 0 spiro atoms. The molecule has 0 bridgehead atoms. The fourth-order valence-electron chi connectivity index (χ4n) is 2.49. The van der Waals surface area contributed by atoms with E-state index in [0.29, 0.717) is 11.5 Å². The Morgan fingerprint density at radius 1 is 1.47 bits per heavy atom. The van der Waals surface area contributed by atoms with Gasteiger partial charge in [-0.05, 0) is 31.6 Å². The molecule has 0 heterocycles. The Bertz CT molecular complexity index is 226. The molecule has 1 fully saturated rings. The molecule has 1 amide bonds. The maximum atomic E-state index is 11.4. The van der Waals surface area contributed by atoms with Gasteiger partial charge >= 0.3 is 0 Å². The fraction of sp³-hybridized carbons (Fsp3) is 0.917. The van der Waals surface area contributed by atoms with Crippen molar-refractivity contribution in [3.05, 3.63) is 0 Å². The first kappa shape index (κ1) is 12.5. The van der Waals surface area contributed by atoms with Gasteiger partial charge in [0.1, 0.15) is 0 Å². The molecule has 0 aromatic carbocycles. The van der Waals surface area contributed by atoms with Crippen LogP contribution in [-0.4, -0.2) is 25.0 Å². The van der Waals surface area contributed by atoms with Crippen LogP contribution in [0.3, 0.4) is 0 Å². The van der Waals surface area contributed by atoms with Crippen molar-refractivity contribution < 1.29 is 4.79 Å². The third kappa shape index (κ3) is 3.82. The monoisotopic (exact) mass is 212 g/mol. The maximum Gasteiger partial charge on any atom is 0.236 e. The molecule has 0 saturated heterocycles. The number of likely N-dealkylation sites (N-methyl/N-ethyl adjacent to an activating group) is 1. The van der Waals surface area contributed by atoms with E-state index in [1.165, 1.54) is 25.7 Å². The zero-order chi connectivity index (χ0) is 11.5. The molecule has 1 saturated carbocycles. The zero-order valence-corrected chi connectivity index (χ0v) is 10.4. The number of rotatable bonds is 3. The van der Waals surface area contributed by atoms with Crippen molar-refractivity contribution in [3.8, 4) is 0 Å². The molecule has 3 nitrogen and oxygen atoms in total. The predicted octanol–water partition coefficient (Wildman–Crippen LogP) is 1.68. The van der Waals surface area contributed by atoms with Gasteiger partial charge in [0.05, 0.1) is 6.04 Å². The van der Waals surface area contributed by atoms with Crippen LogP contribution in [0.5, 0.6) is 0 Å². The van der Waals surface area contributed by atoms with Crippen molar-refractivity contribution in [3.63, 3.8) is 0 Å². The first-order chi connectivity index (χ1) is 6.94. The van der Waals surface area contributed by atoms with Gasteiger partial charge in [-0.15, -0.1) is 0 Å².